The minimum atomic E-state index is -0.380. The molecular weight excluding hydrogens is 384 g/mol. The van der Waals surface area contributed by atoms with E-state index < -0.39 is 0 Å². The lowest BCUT2D eigenvalue weighted by Crippen LogP contribution is -2.37. The second-order valence-corrected chi connectivity index (χ2v) is 7.50. The number of benzene rings is 1. The van der Waals surface area contributed by atoms with Crippen LogP contribution in [0.15, 0.2) is 24.3 Å². The molecule has 1 aromatic carbocycles. The van der Waals surface area contributed by atoms with Gasteiger partial charge in [-0.2, -0.15) is 0 Å². The molecule has 0 spiro atoms. The van der Waals surface area contributed by atoms with Crippen molar-refractivity contribution in [1.82, 2.24) is 9.88 Å². The Bertz CT molecular complexity index is 899. The molecule has 1 fully saturated rings. The summed E-state index contributed by atoms with van der Waals surface area (Å²) in [6, 6.07) is 7.15. The standard InChI is InChI=1S/C23H30N2O5/c1-5-29-23(27)21-15(2)20(16(3)24-21)14-25(13-19-10-7-11-30-19)22(26)17-8-6-9-18(12-17)28-4/h6,8-9,12,19,24H,5,7,10-11,13-14H2,1-4H3. The summed E-state index contributed by atoms with van der Waals surface area (Å²) < 4.78 is 16.2. The maximum Gasteiger partial charge on any atom is 0.355 e. The highest BCUT2D eigenvalue weighted by Crippen LogP contribution is 2.24. The fourth-order valence-corrected chi connectivity index (χ4v) is 3.82. The number of methoxy groups -OCH3 is 1. The van der Waals surface area contributed by atoms with Crippen molar-refractivity contribution in [2.75, 3.05) is 26.9 Å². The van der Waals surface area contributed by atoms with E-state index in [-0.39, 0.29) is 18.0 Å². The third-order valence-corrected chi connectivity index (χ3v) is 5.47. The van der Waals surface area contributed by atoms with E-state index in [1.807, 2.05) is 26.0 Å². The Kier molecular flexibility index (Phi) is 7.15. The van der Waals surface area contributed by atoms with Gasteiger partial charge in [-0.05, 0) is 62.9 Å². The van der Waals surface area contributed by atoms with Crippen molar-refractivity contribution in [3.8, 4) is 5.75 Å². The smallest absolute Gasteiger partial charge is 0.355 e. The van der Waals surface area contributed by atoms with Gasteiger partial charge in [0.05, 0.1) is 19.8 Å². The Morgan fingerprint density at radius 2 is 2.10 bits per heavy atom. The van der Waals surface area contributed by atoms with E-state index in [1.165, 1.54) is 0 Å². The first-order valence-electron chi connectivity index (χ1n) is 10.3. The van der Waals surface area contributed by atoms with Gasteiger partial charge in [0.2, 0.25) is 0 Å². The van der Waals surface area contributed by atoms with E-state index in [0.717, 1.165) is 36.3 Å². The number of amides is 1. The maximum absolute atomic E-state index is 13.4. The minimum absolute atomic E-state index is 0.0173. The topological polar surface area (TPSA) is 80.9 Å². The Balaban J connectivity index is 1.89. The average molecular weight is 415 g/mol. The van der Waals surface area contributed by atoms with Gasteiger partial charge in [0.1, 0.15) is 11.4 Å². The van der Waals surface area contributed by atoms with Crippen molar-refractivity contribution in [2.45, 2.75) is 46.3 Å². The van der Waals surface area contributed by atoms with Crippen LogP contribution in [0.25, 0.3) is 0 Å². The fourth-order valence-electron chi connectivity index (χ4n) is 3.82. The molecule has 1 aliphatic heterocycles. The molecule has 0 aliphatic carbocycles. The molecule has 1 amide bonds. The highest BCUT2D eigenvalue weighted by Gasteiger charge is 2.27. The van der Waals surface area contributed by atoms with Crippen LogP contribution in [0.2, 0.25) is 0 Å². The predicted octanol–water partition coefficient (Wildman–Crippen LogP) is 3.64. The van der Waals surface area contributed by atoms with Gasteiger partial charge in [0.15, 0.2) is 0 Å². The van der Waals surface area contributed by atoms with Gasteiger partial charge < -0.3 is 24.1 Å². The summed E-state index contributed by atoms with van der Waals surface area (Å²) in [5.74, 6) is 0.160. The van der Waals surface area contributed by atoms with E-state index in [9.17, 15) is 9.59 Å². The number of esters is 1. The number of rotatable bonds is 8. The van der Waals surface area contributed by atoms with E-state index in [0.29, 0.717) is 36.7 Å². The molecule has 0 saturated carbocycles. The Hall–Kier alpha value is -2.80. The molecule has 30 heavy (non-hydrogen) atoms. The third kappa shape index (κ3) is 4.84. The normalized spacial score (nSPS) is 15.8. The van der Waals surface area contributed by atoms with Gasteiger partial charge in [0, 0.05) is 31.0 Å². The first-order valence-corrected chi connectivity index (χ1v) is 10.3. The molecule has 1 saturated heterocycles. The van der Waals surface area contributed by atoms with Gasteiger partial charge >= 0.3 is 5.97 Å². The monoisotopic (exact) mass is 414 g/mol. The van der Waals surface area contributed by atoms with Crippen LogP contribution in [0.3, 0.4) is 0 Å². The van der Waals surface area contributed by atoms with E-state index in [1.54, 1.807) is 31.1 Å². The number of nitrogens with zero attached hydrogens (tertiary/aromatic N) is 1. The number of aromatic amines is 1. The van der Waals surface area contributed by atoms with Gasteiger partial charge in [0.25, 0.3) is 5.91 Å². The first kappa shape index (κ1) is 21.9. The van der Waals surface area contributed by atoms with E-state index >= 15 is 0 Å². The summed E-state index contributed by atoms with van der Waals surface area (Å²) in [6.07, 6.45) is 1.95. The molecule has 3 rings (SSSR count). The van der Waals surface area contributed by atoms with Crippen LogP contribution in [0.1, 0.15) is 57.4 Å². The number of carbonyl (C=O) groups is 2. The van der Waals surface area contributed by atoms with Gasteiger partial charge in [-0.1, -0.05) is 6.07 Å². The van der Waals surface area contributed by atoms with Crippen molar-refractivity contribution >= 4 is 11.9 Å². The Morgan fingerprint density at radius 1 is 1.30 bits per heavy atom. The molecule has 2 heterocycles. The third-order valence-electron chi connectivity index (χ3n) is 5.47. The number of carbonyl (C=O) groups excluding carboxylic acids is 2. The zero-order valence-electron chi connectivity index (χ0n) is 18.1. The molecular formula is C23H30N2O5. The highest BCUT2D eigenvalue weighted by molar-refractivity contribution is 5.95. The number of ether oxygens (including phenoxy) is 3. The molecule has 1 aromatic heterocycles. The van der Waals surface area contributed by atoms with E-state index in [4.69, 9.17) is 14.2 Å². The van der Waals surface area contributed by atoms with Crippen LogP contribution in [-0.2, 0) is 16.0 Å². The zero-order chi connectivity index (χ0) is 21.7. The lowest BCUT2D eigenvalue weighted by atomic mass is 10.1. The summed E-state index contributed by atoms with van der Waals surface area (Å²) in [5, 5.41) is 0. The number of nitrogens with one attached hydrogen (secondary N) is 1. The molecule has 162 valence electrons. The highest BCUT2D eigenvalue weighted by atomic mass is 16.5. The number of aryl methyl sites for hydroxylation is 1. The first-order chi connectivity index (χ1) is 14.4. The van der Waals surface area contributed by atoms with Crippen LogP contribution < -0.4 is 4.74 Å². The lowest BCUT2D eigenvalue weighted by molar-refractivity contribution is 0.0506. The minimum Gasteiger partial charge on any atom is -0.497 e. The molecule has 0 bridgehead atoms. The molecule has 1 aliphatic rings. The second kappa shape index (κ2) is 9.80. The quantitative estimate of drug-likeness (QED) is 0.667. The van der Waals surface area contributed by atoms with Crippen LogP contribution in [0.4, 0.5) is 0 Å². The maximum atomic E-state index is 13.4. The largest absolute Gasteiger partial charge is 0.497 e. The van der Waals surface area contributed by atoms with Crippen molar-refractivity contribution < 1.29 is 23.8 Å². The molecule has 7 heteroatoms. The SMILES string of the molecule is CCOC(=O)c1[nH]c(C)c(CN(CC2CCCO2)C(=O)c2cccc(OC)c2)c1C. The zero-order valence-corrected chi connectivity index (χ0v) is 18.1. The predicted molar refractivity (Wildman–Crippen MR) is 113 cm³/mol. The fraction of sp³-hybridized carbons (Fsp3) is 0.478. The summed E-state index contributed by atoms with van der Waals surface area (Å²) in [5.41, 5.74) is 3.58. The number of hydrogen-bond donors (Lipinski definition) is 1. The molecule has 1 atom stereocenters. The van der Waals surface area contributed by atoms with Gasteiger partial charge in [-0.3, -0.25) is 4.79 Å². The molecule has 0 radical (unpaired) electrons. The van der Waals surface area contributed by atoms with E-state index in [2.05, 4.69) is 4.98 Å². The summed E-state index contributed by atoms with van der Waals surface area (Å²) in [4.78, 5) is 30.6. The Morgan fingerprint density at radius 3 is 2.77 bits per heavy atom. The van der Waals surface area contributed by atoms with Crippen LogP contribution in [0.5, 0.6) is 5.75 Å². The number of H-pyrrole nitrogens is 1. The Labute approximate surface area is 177 Å². The van der Waals surface area contributed by atoms with Crippen molar-refractivity contribution in [2.24, 2.45) is 0 Å². The summed E-state index contributed by atoms with van der Waals surface area (Å²) in [6.45, 7) is 7.47. The van der Waals surface area contributed by atoms with Crippen molar-refractivity contribution in [1.29, 1.82) is 0 Å². The summed E-state index contributed by atoms with van der Waals surface area (Å²) >= 11 is 0. The van der Waals surface area contributed by atoms with Crippen molar-refractivity contribution in [3.05, 3.63) is 52.3 Å². The molecule has 1 unspecified atom stereocenters. The van der Waals surface area contributed by atoms with Crippen LogP contribution in [-0.4, -0.2) is 54.7 Å². The van der Waals surface area contributed by atoms with Crippen LogP contribution in [0, 0.1) is 13.8 Å². The number of hydrogen-bond acceptors (Lipinski definition) is 5. The average Bonchev–Trinajstić information content (AvgIpc) is 3.36. The van der Waals surface area contributed by atoms with Gasteiger partial charge in [-0.15, -0.1) is 0 Å². The number of aromatic nitrogens is 1. The van der Waals surface area contributed by atoms with Crippen molar-refractivity contribution in [3.63, 3.8) is 0 Å². The molecule has 7 nitrogen and oxygen atoms in total. The molecule has 2 aromatic rings. The van der Waals surface area contributed by atoms with Crippen LogP contribution >= 0.6 is 0 Å². The summed E-state index contributed by atoms with van der Waals surface area (Å²) in [7, 11) is 1.58. The second-order valence-electron chi connectivity index (χ2n) is 7.50. The van der Waals surface area contributed by atoms with Gasteiger partial charge in [-0.25, -0.2) is 4.79 Å². The lowest BCUT2D eigenvalue weighted by Gasteiger charge is -2.26. The molecule has 1 N–H and O–H groups in total.